The van der Waals surface area contributed by atoms with E-state index in [-0.39, 0.29) is 35.7 Å². The molecule has 6 heteroatoms. The van der Waals surface area contributed by atoms with Crippen molar-refractivity contribution in [1.82, 2.24) is 15.5 Å². The third kappa shape index (κ3) is 5.61. The van der Waals surface area contributed by atoms with Crippen LogP contribution in [0.4, 0.5) is 0 Å². The minimum atomic E-state index is -0.591. The van der Waals surface area contributed by atoms with E-state index in [4.69, 9.17) is 0 Å². The lowest BCUT2D eigenvalue weighted by atomic mass is 9.80. The average molecular weight is 414 g/mol. The standard InChI is InChI=1S/C24H35N3O3/c1-23(2,3)26-20(28)17-24(13-7-8-14-24)22(30)25-19-11-15-27(16-12-19)21(29)18-9-5-4-6-10-18/h4-6,9-10,19H,7-8,11-17H2,1-3H3,(H,25,30)(H,26,28). The summed E-state index contributed by atoms with van der Waals surface area (Å²) in [7, 11) is 0. The molecule has 2 N–H and O–H groups in total. The van der Waals surface area contributed by atoms with Gasteiger partial charge in [0.05, 0.1) is 5.41 Å². The van der Waals surface area contributed by atoms with Crippen LogP contribution in [-0.4, -0.2) is 47.3 Å². The number of amides is 3. The predicted molar refractivity (Wildman–Crippen MR) is 117 cm³/mol. The summed E-state index contributed by atoms with van der Waals surface area (Å²) in [4.78, 5) is 40.2. The molecule has 3 rings (SSSR count). The largest absolute Gasteiger partial charge is 0.353 e. The van der Waals surface area contributed by atoms with Crippen molar-refractivity contribution >= 4 is 17.7 Å². The van der Waals surface area contributed by atoms with Gasteiger partial charge in [0.25, 0.3) is 5.91 Å². The van der Waals surface area contributed by atoms with Crippen molar-refractivity contribution in [1.29, 1.82) is 0 Å². The summed E-state index contributed by atoms with van der Waals surface area (Å²) in [6.45, 7) is 7.14. The highest BCUT2D eigenvalue weighted by Gasteiger charge is 2.44. The summed E-state index contributed by atoms with van der Waals surface area (Å²) < 4.78 is 0. The third-order valence-corrected chi connectivity index (χ3v) is 6.19. The van der Waals surface area contributed by atoms with Crippen LogP contribution in [0.5, 0.6) is 0 Å². The first-order valence-electron chi connectivity index (χ1n) is 11.1. The second-order valence-electron chi connectivity index (χ2n) is 9.87. The van der Waals surface area contributed by atoms with Crippen LogP contribution >= 0.6 is 0 Å². The fraction of sp³-hybridized carbons (Fsp3) is 0.625. The van der Waals surface area contributed by atoms with Gasteiger partial charge in [-0.05, 0) is 58.6 Å². The van der Waals surface area contributed by atoms with Crippen LogP contribution in [0.3, 0.4) is 0 Å². The third-order valence-electron chi connectivity index (χ3n) is 6.19. The molecular formula is C24H35N3O3. The maximum absolute atomic E-state index is 13.2. The van der Waals surface area contributed by atoms with Gasteiger partial charge in [-0.3, -0.25) is 14.4 Å². The zero-order valence-corrected chi connectivity index (χ0v) is 18.5. The number of hydrogen-bond acceptors (Lipinski definition) is 3. The van der Waals surface area contributed by atoms with Gasteiger partial charge < -0.3 is 15.5 Å². The lowest BCUT2D eigenvalue weighted by Crippen LogP contribution is -2.51. The molecule has 1 heterocycles. The number of carbonyl (C=O) groups is 3. The molecule has 1 saturated heterocycles. The van der Waals surface area contributed by atoms with Gasteiger partial charge in [0.2, 0.25) is 11.8 Å². The lowest BCUT2D eigenvalue weighted by molar-refractivity contribution is -0.137. The Morgan fingerprint density at radius 2 is 1.63 bits per heavy atom. The molecule has 164 valence electrons. The van der Waals surface area contributed by atoms with Gasteiger partial charge in [-0.2, -0.15) is 0 Å². The fourth-order valence-corrected chi connectivity index (χ4v) is 4.63. The Balaban J connectivity index is 1.55. The molecule has 0 spiro atoms. The van der Waals surface area contributed by atoms with Gasteiger partial charge in [-0.15, -0.1) is 0 Å². The zero-order chi connectivity index (χ0) is 21.8. The number of piperidine rings is 1. The van der Waals surface area contributed by atoms with E-state index in [2.05, 4.69) is 10.6 Å². The maximum Gasteiger partial charge on any atom is 0.253 e. The Morgan fingerprint density at radius 3 is 2.20 bits per heavy atom. The lowest BCUT2D eigenvalue weighted by Gasteiger charge is -2.35. The first-order chi connectivity index (χ1) is 14.2. The van der Waals surface area contributed by atoms with E-state index in [9.17, 15) is 14.4 Å². The molecule has 1 aliphatic heterocycles. The van der Waals surface area contributed by atoms with Crippen molar-refractivity contribution < 1.29 is 14.4 Å². The topological polar surface area (TPSA) is 78.5 Å². The number of nitrogens with zero attached hydrogens (tertiary/aromatic N) is 1. The number of carbonyl (C=O) groups excluding carboxylic acids is 3. The molecule has 2 fully saturated rings. The predicted octanol–water partition coefficient (Wildman–Crippen LogP) is 3.27. The molecule has 3 amide bonds. The van der Waals surface area contributed by atoms with Gasteiger partial charge in [0.15, 0.2) is 0 Å². The van der Waals surface area contributed by atoms with Crippen molar-refractivity contribution in [2.75, 3.05) is 13.1 Å². The minimum Gasteiger partial charge on any atom is -0.353 e. The molecule has 0 unspecified atom stereocenters. The van der Waals surface area contributed by atoms with Crippen molar-refractivity contribution in [2.24, 2.45) is 5.41 Å². The van der Waals surface area contributed by atoms with E-state index in [1.54, 1.807) is 0 Å². The van der Waals surface area contributed by atoms with E-state index in [1.807, 2.05) is 56.0 Å². The van der Waals surface area contributed by atoms with Crippen molar-refractivity contribution in [3.63, 3.8) is 0 Å². The number of rotatable bonds is 5. The number of nitrogens with one attached hydrogen (secondary N) is 2. The summed E-state index contributed by atoms with van der Waals surface area (Å²) in [5, 5.41) is 6.21. The molecule has 2 aliphatic rings. The number of likely N-dealkylation sites (tertiary alicyclic amines) is 1. The molecule has 0 aromatic heterocycles. The van der Waals surface area contributed by atoms with Crippen LogP contribution in [-0.2, 0) is 9.59 Å². The van der Waals surface area contributed by atoms with Crippen LogP contribution in [0.2, 0.25) is 0 Å². The summed E-state index contributed by atoms with van der Waals surface area (Å²) in [6.07, 6.45) is 5.24. The fourth-order valence-electron chi connectivity index (χ4n) is 4.63. The Labute approximate surface area is 179 Å². The number of benzene rings is 1. The SMILES string of the molecule is CC(C)(C)NC(=O)CC1(C(=O)NC2CCN(C(=O)c3ccccc3)CC2)CCCC1. The summed E-state index contributed by atoms with van der Waals surface area (Å²) >= 11 is 0. The summed E-state index contributed by atoms with van der Waals surface area (Å²) in [5.41, 5.74) is -0.188. The highest BCUT2D eigenvalue weighted by molar-refractivity contribution is 5.94. The molecule has 0 bridgehead atoms. The monoisotopic (exact) mass is 413 g/mol. The van der Waals surface area contributed by atoms with Crippen LogP contribution in [0.15, 0.2) is 30.3 Å². The molecule has 1 saturated carbocycles. The second kappa shape index (κ2) is 9.19. The van der Waals surface area contributed by atoms with Crippen molar-refractivity contribution in [3.05, 3.63) is 35.9 Å². The quantitative estimate of drug-likeness (QED) is 0.778. The Hall–Kier alpha value is -2.37. The van der Waals surface area contributed by atoms with Gasteiger partial charge in [-0.25, -0.2) is 0 Å². The zero-order valence-electron chi connectivity index (χ0n) is 18.5. The highest BCUT2D eigenvalue weighted by atomic mass is 16.2. The van der Waals surface area contributed by atoms with Gasteiger partial charge >= 0.3 is 0 Å². The summed E-state index contributed by atoms with van der Waals surface area (Å²) in [6, 6.07) is 9.37. The summed E-state index contributed by atoms with van der Waals surface area (Å²) in [5.74, 6) is 0.00575. The first-order valence-corrected chi connectivity index (χ1v) is 11.1. The Kier molecular flexibility index (Phi) is 6.84. The normalized spacial score (nSPS) is 19.4. The van der Waals surface area contributed by atoms with Gasteiger partial charge in [-0.1, -0.05) is 31.0 Å². The van der Waals surface area contributed by atoms with Gasteiger partial charge in [0, 0.05) is 36.7 Å². The van der Waals surface area contributed by atoms with Gasteiger partial charge in [0.1, 0.15) is 0 Å². The average Bonchev–Trinajstić information content (AvgIpc) is 3.17. The van der Waals surface area contributed by atoms with Crippen molar-refractivity contribution in [3.8, 4) is 0 Å². The minimum absolute atomic E-state index is 0.0110. The molecule has 0 radical (unpaired) electrons. The van der Waals surface area contributed by atoms with Crippen LogP contribution in [0.25, 0.3) is 0 Å². The molecular weight excluding hydrogens is 378 g/mol. The highest BCUT2D eigenvalue weighted by Crippen LogP contribution is 2.41. The van der Waals surface area contributed by atoms with Crippen LogP contribution in [0, 0.1) is 5.41 Å². The molecule has 1 aromatic rings. The smallest absolute Gasteiger partial charge is 0.253 e. The van der Waals surface area contributed by atoms with Crippen molar-refractivity contribution in [2.45, 2.75) is 77.3 Å². The molecule has 0 atom stereocenters. The molecule has 6 nitrogen and oxygen atoms in total. The molecule has 30 heavy (non-hydrogen) atoms. The first kappa shape index (κ1) is 22.3. The van der Waals surface area contributed by atoms with E-state index >= 15 is 0 Å². The molecule has 1 aromatic carbocycles. The van der Waals surface area contributed by atoms with E-state index < -0.39 is 5.41 Å². The van der Waals surface area contributed by atoms with E-state index in [1.165, 1.54) is 0 Å². The maximum atomic E-state index is 13.2. The van der Waals surface area contributed by atoms with Crippen LogP contribution < -0.4 is 10.6 Å². The second-order valence-corrected chi connectivity index (χ2v) is 9.87. The number of hydrogen-bond donors (Lipinski definition) is 2. The van der Waals surface area contributed by atoms with Crippen LogP contribution in [0.1, 0.15) is 76.1 Å². The van der Waals surface area contributed by atoms with E-state index in [0.29, 0.717) is 18.7 Å². The Morgan fingerprint density at radius 1 is 1.03 bits per heavy atom. The Bertz CT molecular complexity index is 756. The molecule has 1 aliphatic carbocycles. The van der Waals surface area contributed by atoms with E-state index in [0.717, 1.165) is 38.5 Å².